The Morgan fingerprint density at radius 2 is 2.23 bits per heavy atom. The number of aromatic nitrogens is 3. The van der Waals surface area contributed by atoms with Crippen LogP contribution >= 0.6 is 34.6 Å². The van der Waals surface area contributed by atoms with Crippen molar-refractivity contribution in [3.05, 3.63) is 45.3 Å². The largest absolute Gasteiger partial charge is 0.477 e. The van der Waals surface area contributed by atoms with Crippen LogP contribution in [0.5, 0.6) is 0 Å². The summed E-state index contributed by atoms with van der Waals surface area (Å²) < 4.78 is 18.3. The lowest BCUT2D eigenvalue weighted by atomic mass is 10.0. The number of carbonyl (C=O) groups is 3. The van der Waals surface area contributed by atoms with Gasteiger partial charge in [-0.05, 0) is 18.6 Å². The third kappa shape index (κ3) is 6.83. The number of oxime groups is 1. The van der Waals surface area contributed by atoms with Crippen LogP contribution in [0, 0.1) is 6.92 Å². The summed E-state index contributed by atoms with van der Waals surface area (Å²) >= 11 is 3.80. The Kier molecular flexibility index (Phi) is 9.17. The number of nitrogens with one attached hydrogen (secondary N) is 1. The molecule has 2 aliphatic heterocycles. The van der Waals surface area contributed by atoms with Gasteiger partial charge in [-0.1, -0.05) is 11.2 Å². The first-order chi connectivity index (χ1) is 19.0. The van der Waals surface area contributed by atoms with E-state index in [0.29, 0.717) is 22.4 Å². The number of anilines is 1. The number of allylic oxidation sites excluding steroid dienone is 1. The van der Waals surface area contributed by atoms with Crippen LogP contribution in [0.3, 0.4) is 0 Å². The fourth-order valence-corrected chi connectivity index (χ4v) is 6.80. The number of likely N-dealkylation sites (N-methyl/N-ethyl adjacent to an activating group) is 1. The second-order valence-electron chi connectivity index (χ2n) is 9.60. The molecule has 2 aliphatic rings. The molecule has 1 unspecified atom stereocenters. The van der Waals surface area contributed by atoms with Crippen LogP contribution in [0.25, 0.3) is 0 Å². The maximum absolute atomic E-state index is 14.0. The zero-order chi connectivity index (χ0) is 29.0. The zero-order valence-corrected chi connectivity index (χ0v) is 24.3. The molecule has 0 aromatic carbocycles. The molecule has 3 atom stereocenters. The first kappa shape index (κ1) is 29.6. The maximum Gasteiger partial charge on any atom is 0.352 e. The van der Waals surface area contributed by atoms with Crippen molar-refractivity contribution in [2.24, 2.45) is 5.16 Å². The quantitative estimate of drug-likeness (QED) is 0.138. The number of carboxylic acids is 1. The van der Waals surface area contributed by atoms with E-state index in [-0.39, 0.29) is 16.7 Å². The van der Waals surface area contributed by atoms with Gasteiger partial charge in [0.25, 0.3) is 11.8 Å². The van der Waals surface area contributed by atoms with Gasteiger partial charge in [0.1, 0.15) is 29.9 Å². The van der Waals surface area contributed by atoms with Crippen LogP contribution < -0.4 is 11.1 Å². The molecule has 4 rings (SSSR count). The third-order valence-electron chi connectivity index (χ3n) is 6.04. The number of carboxylic acid groups (broad SMARTS) is 1. The first-order valence-corrected chi connectivity index (χ1v) is 14.6. The van der Waals surface area contributed by atoms with Crippen molar-refractivity contribution in [3.63, 3.8) is 0 Å². The third-order valence-corrected chi connectivity index (χ3v) is 8.81. The predicted octanol–water partition coefficient (Wildman–Crippen LogP) is 1.47. The molecule has 0 spiro atoms. The van der Waals surface area contributed by atoms with Crippen molar-refractivity contribution in [2.75, 3.05) is 38.7 Å². The van der Waals surface area contributed by atoms with E-state index in [9.17, 15) is 23.9 Å². The Morgan fingerprint density at radius 3 is 2.88 bits per heavy atom. The Balaban J connectivity index is 1.31. The number of hydrogen-bond acceptors (Lipinski definition) is 12. The Hall–Kier alpha value is -3.41. The van der Waals surface area contributed by atoms with Crippen molar-refractivity contribution >= 4 is 63.8 Å². The highest BCUT2D eigenvalue weighted by Crippen LogP contribution is 2.40. The lowest BCUT2D eigenvalue weighted by molar-refractivity contribution is -0.897. The molecule has 40 heavy (non-hydrogen) atoms. The summed E-state index contributed by atoms with van der Waals surface area (Å²) in [7, 11) is 4.15. The summed E-state index contributed by atoms with van der Waals surface area (Å²) in [5, 5.41) is 15.3. The molecule has 1 fully saturated rings. The van der Waals surface area contributed by atoms with Crippen molar-refractivity contribution in [3.8, 4) is 0 Å². The lowest BCUT2D eigenvalue weighted by Gasteiger charge is -2.49. The number of nitrogens with zero attached hydrogens (tertiary/aromatic N) is 6. The van der Waals surface area contributed by atoms with E-state index in [0.717, 1.165) is 30.0 Å². The van der Waals surface area contributed by atoms with Gasteiger partial charge in [-0.25, -0.2) is 19.2 Å². The number of halogens is 1. The molecule has 0 bridgehead atoms. The second-order valence-corrected chi connectivity index (χ2v) is 12.4. The number of thiazole rings is 1. The summed E-state index contributed by atoms with van der Waals surface area (Å²) in [5.74, 6) is -2.29. The van der Waals surface area contributed by atoms with Crippen molar-refractivity contribution in [1.29, 1.82) is 0 Å². The number of nitrogens with two attached hydrogens (primary N) is 1. The van der Waals surface area contributed by atoms with Crippen molar-refractivity contribution < 1.29 is 33.2 Å². The number of β-lactam (4-membered cyclic amide) rings is 1. The Morgan fingerprint density at radius 1 is 1.45 bits per heavy atom. The first-order valence-electron chi connectivity index (χ1n) is 11.9. The van der Waals surface area contributed by atoms with Gasteiger partial charge in [0, 0.05) is 17.3 Å². The SMILES string of the molecule is Cc1ncsc1C[N+](C)(C)C/C=C/C1=C(C(=O)O)N2C(=O)[C@@H](NC(=O)/C=N\OCC(F)c3nsc(N)n3)[C@H]2SC1. The molecular formula is C23H28FN8O5S3+. The molecule has 4 heterocycles. The van der Waals surface area contributed by atoms with E-state index in [4.69, 9.17) is 10.6 Å². The average Bonchev–Trinajstić information content (AvgIpc) is 3.51. The number of aliphatic carboxylic acids is 1. The van der Waals surface area contributed by atoms with Crippen LogP contribution in [0.15, 0.2) is 34.1 Å². The molecule has 2 aromatic heterocycles. The van der Waals surface area contributed by atoms with Crippen molar-refractivity contribution in [2.45, 2.75) is 31.1 Å². The fraction of sp³-hybridized carbons (Fsp3) is 0.435. The summed E-state index contributed by atoms with van der Waals surface area (Å²) in [4.78, 5) is 52.3. The van der Waals surface area contributed by atoms with Crippen LogP contribution in [-0.2, 0) is 25.8 Å². The number of quaternary nitrogens is 1. The van der Waals surface area contributed by atoms with Gasteiger partial charge in [0.05, 0.1) is 36.7 Å². The van der Waals surface area contributed by atoms with E-state index in [1.54, 1.807) is 17.4 Å². The summed E-state index contributed by atoms with van der Waals surface area (Å²) in [5.41, 5.74) is 8.66. The van der Waals surface area contributed by atoms with Gasteiger partial charge in [0.15, 0.2) is 23.7 Å². The van der Waals surface area contributed by atoms with Gasteiger partial charge in [0.2, 0.25) is 0 Å². The minimum atomic E-state index is -1.67. The molecule has 0 saturated carbocycles. The van der Waals surface area contributed by atoms with Gasteiger partial charge in [-0.3, -0.25) is 14.5 Å². The number of nitrogen functional groups attached to an aromatic ring is 1. The van der Waals surface area contributed by atoms with Crippen molar-refractivity contribution in [1.82, 2.24) is 24.6 Å². The van der Waals surface area contributed by atoms with E-state index in [1.807, 2.05) is 18.5 Å². The lowest BCUT2D eigenvalue weighted by Crippen LogP contribution is -2.70. The molecule has 4 N–H and O–H groups in total. The highest BCUT2D eigenvalue weighted by molar-refractivity contribution is 8.00. The Bertz CT molecular complexity index is 1370. The smallest absolute Gasteiger partial charge is 0.352 e. The number of aryl methyl sites for hydroxylation is 1. The van der Waals surface area contributed by atoms with Crippen LogP contribution in [0.4, 0.5) is 9.52 Å². The number of amides is 2. The molecule has 13 nitrogen and oxygen atoms in total. The fourth-order valence-electron chi connectivity index (χ4n) is 4.02. The topological polar surface area (TPSA) is 173 Å². The normalized spacial score (nSPS) is 20.1. The Labute approximate surface area is 241 Å². The highest BCUT2D eigenvalue weighted by atomic mass is 32.2. The maximum atomic E-state index is 14.0. The number of alkyl halides is 1. The van der Waals surface area contributed by atoms with Crippen LogP contribution in [0.2, 0.25) is 0 Å². The molecule has 2 aromatic rings. The van der Waals surface area contributed by atoms with Gasteiger partial charge >= 0.3 is 5.97 Å². The molecule has 2 amide bonds. The monoisotopic (exact) mass is 611 g/mol. The van der Waals surface area contributed by atoms with Gasteiger partial charge in [-0.15, -0.1) is 23.1 Å². The molecule has 17 heteroatoms. The molecular weight excluding hydrogens is 584 g/mol. The summed E-state index contributed by atoms with van der Waals surface area (Å²) in [6.45, 7) is 2.88. The summed E-state index contributed by atoms with van der Waals surface area (Å²) in [6, 6.07) is -0.932. The van der Waals surface area contributed by atoms with E-state index in [2.05, 4.69) is 38.9 Å². The second kappa shape index (κ2) is 12.4. The number of hydrogen-bond donors (Lipinski definition) is 3. The number of carbonyl (C=O) groups excluding carboxylic acids is 2. The highest BCUT2D eigenvalue weighted by Gasteiger charge is 2.53. The summed E-state index contributed by atoms with van der Waals surface area (Å²) in [6.07, 6.45) is 2.76. The van der Waals surface area contributed by atoms with Gasteiger partial charge < -0.3 is 25.5 Å². The number of rotatable bonds is 12. The zero-order valence-electron chi connectivity index (χ0n) is 21.8. The van der Waals surface area contributed by atoms with E-state index in [1.165, 1.54) is 21.5 Å². The molecule has 0 aliphatic carbocycles. The number of fused-ring (bicyclic) bond motifs is 1. The van der Waals surface area contributed by atoms with Crippen LogP contribution in [-0.4, -0.2) is 97.2 Å². The predicted molar refractivity (Wildman–Crippen MR) is 149 cm³/mol. The molecule has 214 valence electrons. The average molecular weight is 612 g/mol. The van der Waals surface area contributed by atoms with E-state index < -0.39 is 42.0 Å². The number of thioether (sulfide) groups is 1. The minimum Gasteiger partial charge on any atom is -0.477 e. The van der Waals surface area contributed by atoms with Crippen LogP contribution in [0.1, 0.15) is 22.6 Å². The van der Waals surface area contributed by atoms with Gasteiger partial charge in [-0.2, -0.15) is 4.37 Å². The minimum absolute atomic E-state index is 0.0959. The molecule has 0 radical (unpaired) electrons. The standard InChI is InChI=1S/C23H27FN8O5S3/c1-12-15(39-11-26-12)8-32(2,3)6-4-5-13-10-38-21-17(20(34)31(21)18(13)22(35)36)28-16(33)7-27-37-9-14(24)19-29-23(25)40-30-19/h4-5,7,11,14,17,21H,6,8-10H2,1-3H3,(H3-,25,28,29,30,33,35,36)/p+1/b5-4+,27-7-/t14?,17-,21-/m1/s1. The van der Waals surface area contributed by atoms with E-state index >= 15 is 0 Å². The molecule has 1 saturated heterocycles.